The van der Waals surface area contributed by atoms with Crippen molar-refractivity contribution in [2.75, 3.05) is 19.7 Å². The molecular weight excluding hydrogens is 438 g/mol. The van der Waals surface area contributed by atoms with E-state index in [9.17, 15) is 10.3 Å². The first-order valence-corrected chi connectivity index (χ1v) is 13.4. The Morgan fingerprint density at radius 2 is 1.97 bits per heavy atom. The predicted octanol–water partition coefficient (Wildman–Crippen LogP) is 5.18. The van der Waals surface area contributed by atoms with Gasteiger partial charge in [0.05, 0.1) is 18.5 Å². The minimum atomic E-state index is -0.587. The molecule has 35 heavy (non-hydrogen) atoms. The maximum Gasteiger partial charge on any atom is 0.166 e. The molecule has 1 saturated heterocycles. The molecule has 5 heteroatoms. The lowest BCUT2D eigenvalue weighted by atomic mass is 9.48. The molecule has 0 aromatic heterocycles. The summed E-state index contributed by atoms with van der Waals surface area (Å²) < 4.78 is 13.5. The first kappa shape index (κ1) is 21.9. The average molecular weight is 474 g/mol. The second-order valence-corrected chi connectivity index (χ2v) is 11.7. The van der Waals surface area contributed by atoms with Crippen molar-refractivity contribution in [3.05, 3.63) is 76.5 Å². The summed E-state index contributed by atoms with van der Waals surface area (Å²) in [7, 11) is 0. The number of phenols is 1. The number of aryl methyl sites for hydroxylation is 1. The molecule has 2 aromatic rings. The van der Waals surface area contributed by atoms with Crippen molar-refractivity contribution in [2.24, 2.45) is 5.92 Å². The summed E-state index contributed by atoms with van der Waals surface area (Å²) in [4.78, 5) is 0. The first-order chi connectivity index (χ1) is 17.0. The molecule has 2 saturated carbocycles. The Morgan fingerprint density at radius 1 is 1.14 bits per heavy atom. The Bertz CT molecular complexity index is 1180. The van der Waals surface area contributed by atoms with Crippen LogP contribution in [0.5, 0.6) is 11.5 Å². The number of ether oxygens (including phenoxy) is 2. The van der Waals surface area contributed by atoms with Crippen LogP contribution >= 0.6 is 0 Å². The number of likely N-dealkylation sites (tertiary alicyclic amines) is 1. The maximum atomic E-state index is 14.7. The third kappa shape index (κ3) is 2.98. The highest BCUT2D eigenvalue weighted by molar-refractivity contribution is 5.63. The van der Waals surface area contributed by atoms with Crippen LogP contribution in [0.2, 0.25) is 0 Å². The Labute approximate surface area is 207 Å². The molecule has 5 atom stereocenters. The van der Waals surface area contributed by atoms with Gasteiger partial charge in [-0.3, -0.25) is 0 Å². The quantitative estimate of drug-likeness (QED) is 0.260. The molecule has 0 amide bonds. The van der Waals surface area contributed by atoms with E-state index in [1.54, 1.807) is 6.07 Å². The highest BCUT2D eigenvalue weighted by atomic mass is 16.6. The molecule has 2 heterocycles. The van der Waals surface area contributed by atoms with Crippen LogP contribution in [0.3, 0.4) is 0 Å². The van der Waals surface area contributed by atoms with Gasteiger partial charge in [0.15, 0.2) is 11.5 Å². The number of quaternary nitrogens is 1. The van der Waals surface area contributed by atoms with Gasteiger partial charge in [-0.1, -0.05) is 43.0 Å². The number of benzene rings is 2. The van der Waals surface area contributed by atoms with Gasteiger partial charge in [-0.15, -0.1) is 0 Å². The molecule has 7 rings (SSSR count). The maximum absolute atomic E-state index is 14.7. The number of hydrogen-bond acceptors (Lipinski definition) is 4. The SMILES string of the molecule is C=C1CC[C@@]2(OCCCc3ccccc3)[C@H]3Cc4ccc(O)c5c4[C@@]2(CC[N+]3([O-])CC2CC2)[C@H]1O5. The van der Waals surface area contributed by atoms with Crippen LogP contribution in [0.15, 0.2) is 54.6 Å². The molecule has 0 radical (unpaired) electrons. The lowest BCUT2D eigenvalue weighted by Crippen LogP contribution is -2.80. The van der Waals surface area contributed by atoms with Crippen LogP contribution in [0.25, 0.3) is 0 Å². The van der Waals surface area contributed by atoms with E-state index < -0.39 is 11.0 Å². The molecule has 3 aliphatic carbocycles. The molecule has 2 aliphatic heterocycles. The second kappa shape index (κ2) is 7.58. The molecular formula is C30H35NO4. The summed E-state index contributed by atoms with van der Waals surface area (Å²) in [6, 6.07) is 14.2. The number of hydrogen-bond donors (Lipinski definition) is 1. The summed E-state index contributed by atoms with van der Waals surface area (Å²) in [5, 5.41) is 25.4. The van der Waals surface area contributed by atoms with E-state index in [4.69, 9.17) is 9.47 Å². The second-order valence-electron chi connectivity index (χ2n) is 11.7. The predicted molar refractivity (Wildman–Crippen MR) is 134 cm³/mol. The zero-order chi connectivity index (χ0) is 23.8. The third-order valence-electron chi connectivity index (χ3n) is 9.78. The number of hydroxylamine groups is 3. The normalized spacial score (nSPS) is 36.5. The highest BCUT2D eigenvalue weighted by Crippen LogP contribution is 2.68. The van der Waals surface area contributed by atoms with Gasteiger partial charge in [-0.05, 0) is 61.3 Å². The molecule has 1 N–H and O–H groups in total. The summed E-state index contributed by atoms with van der Waals surface area (Å²) in [6.07, 6.45) is 7.05. The summed E-state index contributed by atoms with van der Waals surface area (Å²) >= 11 is 0. The van der Waals surface area contributed by atoms with Crippen LogP contribution in [0.4, 0.5) is 0 Å². The average Bonchev–Trinajstić information content (AvgIpc) is 3.59. The van der Waals surface area contributed by atoms with Crippen molar-refractivity contribution >= 4 is 0 Å². The van der Waals surface area contributed by atoms with Crippen LogP contribution in [-0.2, 0) is 23.0 Å². The fourth-order valence-corrected chi connectivity index (χ4v) is 8.11. The Hall–Kier alpha value is -2.34. The third-order valence-corrected chi connectivity index (χ3v) is 9.78. The molecule has 2 bridgehead atoms. The van der Waals surface area contributed by atoms with Crippen LogP contribution in [0.1, 0.15) is 55.2 Å². The van der Waals surface area contributed by atoms with Crippen molar-refractivity contribution in [1.29, 1.82) is 0 Å². The number of aromatic hydroxyl groups is 1. The van der Waals surface area contributed by atoms with Gasteiger partial charge in [0.1, 0.15) is 17.7 Å². The topological polar surface area (TPSA) is 61.8 Å². The molecule has 1 unspecified atom stereocenters. The number of nitrogens with zero attached hydrogens (tertiary/aromatic N) is 1. The van der Waals surface area contributed by atoms with E-state index in [1.807, 2.05) is 12.1 Å². The lowest BCUT2D eigenvalue weighted by molar-refractivity contribution is -0.924. The van der Waals surface area contributed by atoms with E-state index in [0.717, 1.165) is 48.8 Å². The number of phenolic OH excluding ortho intramolecular Hbond substituents is 1. The fraction of sp³-hybridized carbons (Fsp3) is 0.533. The van der Waals surface area contributed by atoms with Gasteiger partial charge >= 0.3 is 0 Å². The number of rotatable bonds is 7. The zero-order valence-electron chi connectivity index (χ0n) is 20.4. The monoisotopic (exact) mass is 473 g/mol. The van der Waals surface area contributed by atoms with Crippen molar-refractivity contribution in [3.8, 4) is 11.5 Å². The van der Waals surface area contributed by atoms with Gasteiger partial charge in [-0.2, -0.15) is 0 Å². The Balaban J connectivity index is 1.31. The van der Waals surface area contributed by atoms with Crippen LogP contribution in [0, 0.1) is 11.1 Å². The molecule has 5 nitrogen and oxygen atoms in total. The Kier molecular flexibility index (Phi) is 4.74. The molecule has 184 valence electrons. The van der Waals surface area contributed by atoms with Crippen molar-refractivity contribution in [2.45, 2.75) is 74.5 Å². The van der Waals surface area contributed by atoms with Crippen molar-refractivity contribution in [1.82, 2.24) is 0 Å². The van der Waals surface area contributed by atoms with Gasteiger partial charge in [0.2, 0.25) is 0 Å². The lowest BCUT2D eigenvalue weighted by Gasteiger charge is -2.69. The Morgan fingerprint density at radius 3 is 2.77 bits per heavy atom. The van der Waals surface area contributed by atoms with Gasteiger partial charge in [0, 0.05) is 30.9 Å². The van der Waals surface area contributed by atoms with Gasteiger partial charge in [-0.25, -0.2) is 0 Å². The minimum Gasteiger partial charge on any atom is -0.632 e. The van der Waals surface area contributed by atoms with Gasteiger partial charge < -0.3 is 24.4 Å². The standard InChI is InChI=1S/C30H35NO4/c1-20-13-14-30(34-17-5-8-21-6-3-2-4-7-21)25-18-23-11-12-24(32)27-26(23)29(30,28(20)35-27)15-16-31(25,33)19-22-9-10-22/h2-4,6-7,11-12,22,25,28,32H,1,5,8-10,13-19H2/t25-,28+,29+,30-,31?/m1/s1. The largest absolute Gasteiger partial charge is 0.632 e. The first-order valence-electron chi connectivity index (χ1n) is 13.4. The summed E-state index contributed by atoms with van der Waals surface area (Å²) in [6.45, 7) is 6.35. The van der Waals surface area contributed by atoms with Crippen molar-refractivity contribution < 1.29 is 19.2 Å². The van der Waals surface area contributed by atoms with Gasteiger partial charge in [0.25, 0.3) is 0 Å². The molecule has 3 fully saturated rings. The molecule has 5 aliphatic rings. The van der Waals surface area contributed by atoms with E-state index in [-0.39, 0.29) is 22.5 Å². The fourth-order valence-electron chi connectivity index (χ4n) is 8.11. The molecule has 2 aromatic carbocycles. The van der Waals surface area contributed by atoms with E-state index in [1.165, 1.54) is 18.4 Å². The summed E-state index contributed by atoms with van der Waals surface area (Å²) in [5.74, 6) is 1.37. The van der Waals surface area contributed by atoms with Crippen molar-refractivity contribution in [3.63, 3.8) is 0 Å². The van der Waals surface area contributed by atoms with Crippen LogP contribution in [-0.4, -0.2) is 47.2 Å². The zero-order valence-corrected chi connectivity index (χ0v) is 20.4. The van der Waals surface area contributed by atoms with E-state index in [0.29, 0.717) is 37.8 Å². The van der Waals surface area contributed by atoms with E-state index in [2.05, 4.69) is 30.8 Å². The molecule has 1 spiro atoms. The summed E-state index contributed by atoms with van der Waals surface area (Å²) in [5.41, 5.74) is 3.64. The smallest absolute Gasteiger partial charge is 0.166 e. The minimum absolute atomic E-state index is 0.139. The highest BCUT2D eigenvalue weighted by Gasteiger charge is 2.76. The number of piperidine rings is 1. The van der Waals surface area contributed by atoms with E-state index >= 15 is 0 Å². The van der Waals surface area contributed by atoms with Crippen LogP contribution < -0.4 is 4.74 Å².